The van der Waals surface area contributed by atoms with Crippen LogP contribution in [0.2, 0.25) is 0 Å². The number of anilines is 1. The molecule has 0 bridgehead atoms. The minimum absolute atomic E-state index is 0.0430. The van der Waals surface area contributed by atoms with Crippen molar-refractivity contribution < 1.29 is 9.66 Å². The molecule has 0 fully saturated rings. The molecule has 0 aromatic heterocycles. The quantitative estimate of drug-likeness (QED) is 0.652. The fraction of sp³-hybridized carbons (Fsp3) is 0.250. The summed E-state index contributed by atoms with van der Waals surface area (Å²) in [5.74, 6) is 0.840. The molecule has 0 heterocycles. The maximum atomic E-state index is 11.3. The van der Waals surface area contributed by atoms with E-state index in [-0.39, 0.29) is 11.4 Å². The van der Waals surface area contributed by atoms with Gasteiger partial charge in [0.25, 0.3) is 0 Å². The van der Waals surface area contributed by atoms with E-state index in [2.05, 4.69) is 5.32 Å². The van der Waals surface area contributed by atoms with Gasteiger partial charge >= 0.3 is 5.69 Å². The van der Waals surface area contributed by atoms with Gasteiger partial charge in [-0.15, -0.1) is 0 Å². The molecule has 0 aliphatic rings. The molecular formula is C16H18N2O3. The van der Waals surface area contributed by atoms with Gasteiger partial charge in [0.05, 0.1) is 4.92 Å². The van der Waals surface area contributed by atoms with Crippen molar-refractivity contribution in [2.24, 2.45) is 0 Å². The van der Waals surface area contributed by atoms with Crippen molar-refractivity contribution in [3.63, 3.8) is 0 Å². The molecule has 2 aromatic rings. The molecule has 0 atom stereocenters. The summed E-state index contributed by atoms with van der Waals surface area (Å²) in [6, 6.07) is 10.8. The van der Waals surface area contributed by atoms with E-state index < -0.39 is 4.92 Å². The number of para-hydroxylation sites is 1. The van der Waals surface area contributed by atoms with Crippen molar-refractivity contribution >= 4 is 11.4 Å². The van der Waals surface area contributed by atoms with Crippen LogP contribution in [0.25, 0.3) is 0 Å². The van der Waals surface area contributed by atoms with Gasteiger partial charge in [-0.1, -0.05) is 12.1 Å². The van der Waals surface area contributed by atoms with Crippen molar-refractivity contribution in [2.45, 2.75) is 20.8 Å². The van der Waals surface area contributed by atoms with E-state index in [0.29, 0.717) is 18.0 Å². The van der Waals surface area contributed by atoms with Gasteiger partial charge in [-0.2, -0.15) is 0 Å². The normalized spacial score (nSPS) is 10.2. The Kier molecular flexibility index (Phi) is 4.42. The number of hydrogen-bond acceptors (Lipinski definition) is 4. The summed E-state index contributed by atoms with van der Waals surface area (Å²) < 4.78 is 5.74. The summed E-state index contributed by atoms with van der Waals surface area (Å²) in [5, 5.41) is 14.3. The Labute approximate surface area is 123 Å². The van der Waals surface area contributed by atoms with Gasteiger partial charge < -0.3 is 10.1 Å². The van der Waals surface area contributed by atoms with Gasteiger partial charge in [-0.3, -0.25) is 10.1 Å². The van der Waals surface area contributed by atoms with Crippen molar-refractivity contribution in [1.82, 2.24) is 0 Å². The highest BCUT2D eigenvalue weighted by atomic mass is 16.6. The van der Waals surface area contributed by atoms with Crippen LogP contribution in [0.3, 0.4) is 0 Å². The van der Waals surface area contributed by atoms with E-state index in [1.54, 1.807) is 18.2 Å². The van der Waals surface area contributed by atoms with E-state index in [9.17, 15) is 10.1 Å². The molecule has 0 spiro atoms. The lowest BCUT2D eigenvalue weighted by molar-refractivity contribution is -0.384. The first kappa shape index (κ1) is 14.8. The number of rotatable bonds is 5. The van der Waals surface area contributed by atoms with Gasteiger partial charge in [0.2, 0.25) is 5.75 Å². The summed E-state index contributed by atoms with van der Waals surface area (Å²) in [4.78, 5) is 10.9. The molecule has 0 saturated carbocycles. The van der Waals surface area contributed by atoms with Crippen LogP contribution in [0.4, 0.5) is 11.4 Å². The molecular weight excluding hydrogens is 268 g/mol. The van der Waals surface area contributed by atoms with Crippen LogP contribution >= 0.6 is 0 Å². The minimum atomic E-state index is -0.421. The topological polar surface area (TPSA) is 64.4 Å². The summed E-state index contributed by atoms with van der Waals surface area (Å²) in [6.45, 7) is 6.42. The average molecular weight is 286 g/mol. The first-order valence-electron chi connectivity index (χ1n) is 6.78. The first-order valence-corrected chi connectivity index (χ1v) is 6.78. The van der Waals surface area contributed by atoms with E-state index >= 15 is 0 Å². The number of nitrogens with zero attached hydrogens (tertiary/aromatic N) is 1. The summed E-state index contributed by atoms with van der Waals surface area (Å²) in [6.07, 6.45) is 0. The number of nitro groups is 1. The largest absolute Gasteiger partial charge is 0.450 e. The smallest absolute Gasteiger partial charge is 0.334 e. The lowest BCUT2D eigenvalue weighted by Crippen LogP contribution is -2.02. The summed E-state index contributed by atoms with van der Waals surface area (Å²) >= 11 is 0. The molecule has 2 aromatic carbocycles. The van der Waals surface area contributed by atoms with E-state index in [0.717, 1.165) is 11.1 Å². The summed E-state index contributed by atoms with van der Waals surface area (Å²) in [7, 11) is 0. The second-order valence-corrected chi connectivity index (χ2v) is 4.87. The number of nitrogens with one attached hydrogen (secondary N) is 1. The Bertz CT molecular complexity index is 648. The summed E-state index contributed by atoms with van der Waals surface area (Å²) in [5.41, 5.74) is 2.52. The second-order valence-electron chi connectivity index (χ2n) is 4.87. The van der Waals surface area contributed by atoms with E-state index in [1.807, 2.05) is 39.0 Å². The molecule has 5 heteroatoms. The molecule has 0 aliphatic heterocycles. The van der Waals surface area contributed by atoms with Crippen LogP contribution in [0, 0.1) is 24.0 Å². The van der Waals surface area contributed by atoms with E-state index in [4.69, 9.17) is 4.74 Å². The zero-order chi connectivity index (χ0) is 15.4. The fourth-order valence-electron chi connectivity index (χ4n) is 2.24. The highest BCUT2D eigenvalue weighted by molar-refractivity contribution is 5.69. The number of hydrogen-bond donors (Lipinski definition) is 1. The average Bonchev–Trinajstić information content (AvgIpc) is 2.37. The van der Waals surface area contributed by atoms with Gasteiger partial charge in [-0.05, 0) is 56.2 Å². The molecule has 5 nitrogen and oxygen atoms in total. The highest BCUT2D eigenvalue weighted by Gasteiger charge is 2.21. The van der Waals surface area contributed by atoms with Crippen molar-refractivity contribution in [2.75, 3.05) is 11.9 Å². The number of nitro benzene ring substituents is 1. The Hall–Kier alpha value is -2.56. The lowest BCUT2D eigenvalue weighted by atomic mass is 10.1. The van der Waals surface area contributed by atoms with Gasteiger partial charge in [0.15, 0.2) is 0 Å². The third-order valence-electron chi connectivity index (χ3n) is 2.97. The highest BCUT2D eigenvalue weighted by Crippen LogP contribution is 2.37. The molecule has 0 amide bonds. The number of benzene rings is 2. The molecule has 1 N–H and O–H groups in total. The maximum absolute atomic E-state index is 11.3. The third kappa shape index (κ3) is 3.51. The van der Waals surface area contributed by atoms with Gasteiger partial charge in [0, 0.05) is 6.54 Å². The predicted molar refractivity (Wildman–Crippen MR) is 83.3 cm³/mol. The maximum Gasteiger partial charge on any atom is 0.334 e. The van der Waals surface area contributed by atoms with Crippen LogP contribution in [0.5, 0.6) is 11.5 Å². The standard InChI is InChI=1S/C16H18N2O3/c1-4-17-14-6-5-7-15(16(14)18(19)20)21-13-9-11(2)8-12(3)10-13/h5-10,17H,4H2,1-3H3. The Balaban J connectivity index is 2.43. The van der Waals surface area contributed by atoms with E-state index in [1.165, 1.54) is 0 Å². The van der Waals surface area contributed by atoms with Crippen LogP contribution in [0.15, 0.2) is 36.4 Å². The molecule has 0 radical (unpaired) electrons. The fourth-order valence-corrected chi connectivity index (χ4v) is 2.24. The monoisotopic (exact) mass is 286 g/mol. The number of aryl methyl sites for hydroxylation is 2. The molecule has 0 unspecified atom stereocenters. The van der Waals surface area contributed by atoms with Crippen LogP contribution in [0.1, 0.15) is 18.1 Å². The first-order chi connectivity index (χ1) is 10.0. The second kappa shape index (κ2) is 6.26. The SMILES string of the molecule is CCNc1cccc(Oc2cc(C)cc(C)c2)c1[N+](=O)[O-]. The molecule has 110 valence electrons. The van der Waals surface area contributed by atoms with Gasteiger partial charge in [-0.25, -0.2) is 0 Å². The van der Waals surface area contributed by atoms with Crippen LogP contribution in [-0.4, -0.2) is 11.5 Å². The molecule has 2 rings (SSSR count). The van der Waals surface area contributed by atoms with Crippen molar-refractivity contribution in [1.29, 1.82) is 0 Å². The third-order valence-corrected chi connectivity index (χ3v) is 2.97. The Morgan fingerprint density at radius 3 is 2.43 bits per heavy atom. The molecule has 0 aliphatic carbocycles. The number of ether oxygens (including phenoxy) is 1. The molecule has 21 heavy (non-hydrogen) atoms. The van der Waals surface area contributed by atoms with Crippen molar-refractivity contribution in [3.05, 3.63) is 57.6 Å². The lowest BCUT2D eigenvalue weighted by Gasteiger charge is -2.11. The van der Waals surface area contributed by atoms with Crippen molar-refractivity contribution in [3.8, 4) is 11.5 Å². The van der Waals surface area contributed by atoms with Crippen LogP contribution in [-0.2, 0) is 0 Å². The van der Waals surface area contributed by atoms with Crippen LogP contribution < -0.4 is 10.1 Å². The predicted octanol–water partition coefficient (Wildman–Crippen LogP) is 4.44. The Morgan fingerprint density at radius 2 is 1.86 bits per heavy atom. The molecule has 0 saturated heterocycles. The van der Waals surface area contributed by atoms with Gasteiger partial charge in [0.1, 0.15) is 11.4 Å². The Morgan fingerprint density at radius 1 is 1.19 bits per heavy atom. The zero-order valence-corrected chi connectivity index (χ0v) is 12.3. The minimum Gasteiger partial charge on any atom is -0.450 e. The zero-order valence-electron chi connectivity index (χ0n) is 12.3.